The Morgan fingerprint density at radius 1 is 1.33 bits per heavy atom. The Hall–Kier alpha value is -1.72. The third-order valence-electron chi connectivity index (χ3n) is 4.59. The largest absolute Gasteiger partial charge is 0.317 e. The van der Waals surface area contributed by atoms with Crippen LogP contribution in [0.15, 0.2) is 24.3 Å². The first kappa shape index (κ1) is 15.8. The number of thiophene rings is 1. The Morgan fingerprint density at radius 2 is 2.17 bits per heavy atom. The Kier molecular flexibility index (Phi) is 4.14. The zero-order valence-corrected chi connectivity index (χ0v) is 15.5. The van der Waals surface area contributed by atoms with Crippen molar-refractivity contribution in [3.8, 4) is 10.6 Å². The summed E-state index contributed by atoms with van der Waals surface area (Å²) in [4.78, 5) is 18.3. The smallest absolute Gasteiger partial charge is 0.224 e. The number of thiazole rings is 1. The molecule has 1 aliphatic rings. The molecule has 1 atom stereocenters. The van der Waals surface area contributed by atoms with Gasteiger partial charge in [0.25, 0.3) is 0 Å². The zero-order chi connectivity index (χ0) is 16.7. The summed E-state index contributed by atoms with van der Waals surface area (Å²) < 4.78 is 1.20. The molecule has 5 heteroatoms. The minimum atomic E-state index is 0.0732. The summed E-state index contributed by atoms with van der Waals surface area (Å²) in [7, 11) is 0. The molecule has 0 bridgehead atoms. The second-order valence-corrected chi connectivity index (χ2v) is 8.58. The van der Waals surface area contributed by atoms with Gasteiger partial charge in [-0.25, -0.2) is 4.98 Å². The number of fused-ring (bicyclic) bond motifs is 2. The van der Waals surface area contributed by atoms with Crippen molar-refractivity contribution in [2.24, 2.45) is 5.92 Å². The van der Waals surface area contributed by atoms with Gasteiger partial charge in [0.15, 0.2) is 0 Å². The van der Waals surface area contributed by atoms with Crippen molar-refractivity contribution in [1.82, 2.24) is 4.98 Å². The highest BCUT2D eigenvalue weighted by Gasteiger charge is 2.27. The van der Waals surface area contributed by atoms with Crippen LogP contribution in [-0.4, -0.2) is 10.9 Å². The number of rotatable bonds is 3. The molecular weight excluding hydrogens is 336 g/mol. The van der Waals surface area contributed by atoms with Crippen LogP contribution < -0.4 is 5.32 Å². The number of benzene rings is 1. The normalized spacial score (nSPS) is 17.0. The molecule has 4 rings (SSSR count). The van der Waals surface area contributed by atoms with Crippen molar-refractivity contribution in [2.75, 3.05) is 5.32 Å². The topological polar surface area (TPSA) is 42.0 Å². The van der Waals surface area contributed by atoms with E-state index in [0.717, 1.165) is 28.4 Å². The van der Waals surface area contributed by atoms with E-state index in [-0.39, 0.29) is 5.91 Å². The number of amides is 1. The molecule has 1 aliphatic carbocycles. The molecule has 2 aromatic heterocycles. The van der Waals surface area contributed by atoms with E-state index in [9.17, 15) is 4.79 Å². The van der Waals surface area contributed by atoms with Crippen LogP contribution in [0.4, 0.5) is 5.00 Å². The fraction of sp³-hybridized carbons (Fsp3) is 0.368. The van der Waals surface area contributed by atoms with E-state index >= 15 is 0 Å². The highest BCUT2D eigenvalue weighted by Crippen LogP contribution is 2.47. The van der Waals surface area contributed by atoms with Gasteiger partial charge in [0.2, 0.25) is 5.91 Å². The summed E-state index contributed by atoms with van der Waals surface area (Å²) in [5, 5.41) is 5.14. The van der Waals surface area contributed by atoms with Crippen LogP contribution in [0.2, 0.25) is 0 Å². The van der Waals surface area contributed by atoms with Gasteiger partial charge >= 0.3 is 0 Å². The minimum Gasteiger partial charge on any atom is -0.317 e. The van der Waals surface area contributed by atoms with Crippen LogP contribution in [0.1, 0.15) is 37.1 Å². The highest BCUT2D eigenvalue weighted by atomic mass is 32.1. The number of carbonyl (C=O) groups is 1. The molecule has 2 heterocycles. The Labute approximate surface area is 149 Å². The predicted octanol–water partition coefficient (Wildman–Crippen LogP) is 5.50. The standard InChI is InChI=1S/C19H20N2OS2/c1-3-16(22)21-19-17(12-9-8-11(2)10-15(12)24-19)18-20-13-6-4-5-7-14(13)23-18/h4-7,11H,3,8-10H2,1-2H3,(H,21,22)/t11-/m0/s1. The maximum atomic E-state index is 12.0. The molecule has 0 aliphatic heterocycles. The van der Waals surface area contributed by atoms with Gasteiger partial charge in [-0.15, -0.1) is 22.7 Å². The molecule has 0 radical (unpaired) electrons. The van der Waals surface area contributed by atoms with Crippen molar-refractivity contribution in [1.29, 1.82) is 0 Å². The number of anilines is 1. The van der Waals surface area contributed by atoms with Crippen LogP contribution in [-0.2, 0) is 17.6 Å². The minimum absolute atomic E-state index is 0.0732. The predicted molar refractivity (Wildman–Crippen MR) is 103 cm³/mol. The van der Waals surface area contributed by atoms with E-state index in [1.54, 1.807) is 22.7 Å². The van der Waals surface area contributed by atoms with Crippen molar-refractivity contribution in [3.63, 3.8) is 0 Å². The molecule has 0 saturated carbocycles. The van der Waals surface area contributed by atoms with E-state index < -0.39 is 0 Å². The monoisotopic (exact) mass is 356 g/mol. The number of hydrogen-bond donors (Lipinski definition) is 1. The lowest BCUT2D eigenvalue weighted by molar-refractivity contribution is -0.115. The van der Waals surface area contributed by atoms with Gasteiger partial charge in [-0.1, -0.05) is 26.0 Å². The lowest BCUT2D eigenvalue weighted by Gasteiger charge is -2.18. The van der Waals surface area contributed by atoms with Crippen molar-refractivity contribution >= 4 is 43.8 Å². The van der Waals surface area contributed by atoms with E-state index in [0.29, 0.717) is 12.3 Å². The fourth-order valence-electron chi connectivity index (χ4n) is 3.26. The van der Waals surface area contributed by atoms with Crippen LogP contribution in [0.25, 0.3) is 20.8 Å². The molecule has 1 amide bonds. The van der Waals surface area contributed by atoms with Crippen molar-refractivity contribution in [2.45, 2.75) is 39.5 Å². The van der Waals surface area contributed by atoms with Crippen LogP contribution in [0, 0.1) is 5.92 Å². The molecule has 0 saturated heterocycles. The molecule has 0 fully saturated rings. The van der Waals surface area contributed by atoms with Gasteiger partial charge in [0, 0.05) is 16.9 Å². The van der Waals surface area contributed by atoms with Crippen molar-refractivity contribution in [3.05, 3.63) is 34.7 Å². The first-order valence-corrected chi connectivity index (χ1v) is 10.1. The number of para-hydroxylation sites is 1. The molecule has 124 valence electrons. The molecule has 0 unspecified atom stereocenters. The summed E-state index contributed by atoms with van der Waals surface area (Å²) >= 11 is 3.47. The molecule has 0 spiro atoms. The molecule has 24 heavy (non-hydrogen) atoms. The summed E-state index contributed by atoms with van der Waals surface area (Å²) in [5.74, 6) is 0.790. The van der Waals surface area contributed by atoms with Crippen LogP contribution >= 0.6 is 22.7 Å². The first-order valence-electron chi connectivity index (χ1n) is 8.46. The number of nitrogens with one attached hydrogen (secondary N) is 1. The molecule has 3 aromatic rings. The maximum absolute atomic E-state index is 12.0. The first-order chi connectivity index (χ1) is 11.7. The van der Waals surface area contributed by atoms with E-state index in [1.807, 2.05) is 13.0 Å². The summed E-state index contributed by atoms with van der Waals surface area (Å²) in [5.41, 5.74) is 3.61. The number of carbonyl (C=O) groups excluding carboxylic acids is 1. The number of aromatic nitrogens is 1. The number of nitrogens with zero attached hydrogens (tertiary/aromatic N) is 1. The highest BCUT2D eigenvalue weighted by molar-refractivity contribution is 7.22. The average molecular weight is 357 g/mol. The van der Waals surface area contributed by atoms with Gasteiger partial charge < -0.3 is 5.32 Å². The second-order valence-electron chi connectivity index (χ2n) is 6.44. The van der Waals surface area contributed by atoms with Gasteiger partial charge in [-0.05, 0) is 42.9 Å². The molecule has 1 aromatic carbocycles. The van der Waals surface area contributed by atoms with E-state index in [1.165, 1.54) is 27.1 Å². The van der Waals surface area contributed by atoms with Gasteiger partial charge in [0.05, 0.1) is 10.2 Å². The quantitative estimate of drug-likeness (QED) is 0.673. The van der Waals surface area contributed by atoms with Crippen LogP contribution in [0.5, 0.6) is 0 Å². The SMILES string of the molecule is CCC(=O)Nc1sc2c(c1-c1nc3ccccc3s1)CC[C@H](C)C2. The van der Waals surface area contributed by atoms with Gasteiger partial charge in [-0.3, -0.25) is 4.79 Å². The average Bonchev–Trinajstić information content (AvgIpc) is 3.14. The lowest BCUT2D eigenvalue weighted by atomic mass is 9.88. The molecule has 1 N–H and O–H groups in total. The summed E-state index contributed by atoms with van der Waals surface area (Å²) in [6.45, 7) is 4.20. The Morgan fingerprint density at radius 3 is 2.96 bits per heavy atom. The Balaban J connectivity index is 1.86. The zero-order valence-electron chi connectivity index (χ0n) is 13.9. The van der Waals surface area contributed by atoms with Crippen LogP contribution in [0.3, 0.4) is 0 Å². The maximum Gasteiger partial charge on any atom is 0.224 e. The Bertz CT molecular complexity index is 876. The fourth-order valence-corrected chi connectivity index (χ4v) is 5.80. The third-order valence-corrected chi connectivity index (χ3v) is 6.82. The van der Waals surface area contributed by atoms with E-state index in [2.05, 4.69) is 30.4 Å². The molecule has 3 nitrogen and oxygen atoms in total. The van der Waals surface area contributed by atoms with E-state index in [4.69, 9.17) is 4.98 Å². The van der Waals surface area contributed by atoms with Gasteiger partial charge in [-0.2, -0.15) is 0 Å². The second kappa shape index (κ2) is 6.30. The summed E-state index contributed by atoms with van der Waals surface area (Å²) in [6.07, 6.45) is 3.90. The summed E-state index contributed by atoms with van der Waals surface area (Å²) in [6, 6.07) is 8.24. The lowest BCUT2D eigenvalue weighted by Crippen LogP contribution is -2.10. The van der Waals surface area contributed by atoms with Gasteiger partial charge in [0.1, 0.15) is 10.0 Å². The number of hydrogen-bond acceptors (Lipinski definition) is 4. The third kappa shape index (κ3) is 2.76. The molecular formula is C19H20N2OS2. The van der Waals surface area contributed by atoms with Crippen molar-refractivity contribution < 1.29 is 4.79 Å².